The number of benzene rings is 2. The Balaban J connectivity index is 1.39. The lowest BCUT2D eigenvalue weighted by molar-refractivity contribution is -0.265. The van der Waals surface area contributed by atoms with E-state index in [0.29, 0.717) is 17.7 Å². The highest BCUT2D eigenvalue weighted by Crippen LogP contribution is 2.55. The van der Waals surface area contributed by atoms with Crippen LogP contribution in [0.25, 0.3) is 11.3 Å². The van der Waals surface area contributed by atoms with Crippen molar-refractivity contribution in [2.75, 3.05) is 25.1 Å². The topological polar surface area (TPSA) is 136 Å². The van der Waals surface area contributed by atoms with Gasteiger partial charge >= 0.3 is 6.18 Å². The number of hydrogen-bond donors (Lipinski definition) is 4. The van der Waals surface area contributed by atoms with Gasteiger partial charge in [0.25, 0.3) is 11.8 Å². The van der Waals surface area contributed by atoms with E-state index >= 15 is 0 Å². The van der Waals surface area contributed by atoms with Crippen LogP contribution in [-0.2, 0) is 15.8 Å². The normalized spacial score (nSPS) is 23.9. The number of aliphatic hydroxyl groups is 1. The molecule has 2 amide bonds. The van der Waals surface area contributed by atoms with Gasteiger partial charge in [0.2, 0.25) is 5.60 Å². The van der Waals surface area contributed by atoms with Gasteiger partial charge in [0, 0.05) is 28.1 Å². The van der Waals surface area contributed by atoms with Gasteiger partial charge in [0.15, 0.2) is 6.61 Å². The maximum atomic E-state index is 14.7. The number of alkyl halides is 3. The van der Waals surface area contributed by atoms with E-state index in [1.165, 1.54) is 30.3 Å². The van der Waals surface area contributed by atoms with Crippen LogP contribution in [0.2, 0.25) is 0 Å². The molecule has 6 rings (SSSR count). The number of aromatic nitrogens is 1. The number of nitrogens with one attached hydrogen (secondary N) is 2. The molecule has 220 valence electrons. The first kappa shape index (κ1) is 27.9. The van der Waals surface area contributed by atoms with Gasteiger partial charge in [-0.15, -0.1) is 0 Å². The molecule has 4 atom stereocenters. The fourth-order valence-corrected chi connectivity index (χ4v) is 5.54. The fraction of sp³-hybridized carbons (Fsp3) is 0.345. The highest BCUT2D eigenvalue weighted by atomic mass is 19.4. The summed E-state index contributed by atoms with van der Waals surface area (Å²) < 4.78 is 68.9. The zero-order valence-electron chi connectivity index (χ0n) is 22.2. The number of amides is 2. The smallest absolute Gasteiger partial charge is 0.424 e. The second-order valence-electron chi connectivity index (χ2n) is 11.0. The van der Waals surface area contributed by atoms with E-state index in [1.54, 1.807) is 0 Å². The van der Waals surface area contributed by atoms with Crippen molar-refractivity contribution in [2.24, 2.45) is 11.7 Å². The second-order valence-corrected chi connectivity index (χ2v) is 11.0. The molecule has 3 heterocycles. The van der Waals surface area contributed by atoms with E-state index in [0.717, 1.165) is 18.2 Å². The van der Waals surface area contributed by atoms with E-state index in [9.17, 15) is 32.3 Å². The second kappa shape index (κ2) is 9.66. The third kappa shape index (κ3) is 4.62. The zero-order chi connectivity index (χ0) is 30.0. The first-order valence-electron chi connectivity index (χ1n) is 13.1. The number of ether oxygens (including phenoxy) is 2. The summed E-state index contributed by atoms with van der Waals surface area (Å²) in [5.74, 6) is -1.47. The van der Waals surface area contributed by atoms with Gasteiger partial charge in [-0.1, -0.05) is 6.92 Å². The number of rotatable bonds is 6. The van der Waals surface area contributed by atoms with Gasteiger partial charge in [0.1, 0.15) is 23.0 Å². The lowest BCUT2D eigenvalue weighted by Crippen LogP contribution is -2.51. The number of nitrogens with zero attached hydrogens (tertiary/aromatic N) is 1. The summed E-state index contributed by atoms with van der Waals surface area (Å²) in [6, 6.07) is 9.98. The van der Waals surface area contributed by atoms with Crippen LogP contribution in [0.15, 0.2) is 48.5 Å². The van der Waals surface area contributed by atoms with Gasteiger partial charge in [-0.2, -0.15) is 13.2 Å². The van der Waals surface area contributed by atoms with Crippen molar-refractivity contribution in [1.82, 2.24) is 10.3 Å². The van der Waals surface area contributed by atoms with Crippen LogP contribution >= 0.6 is 0 Å². The molecule has 5 N–H and O–H groups in total. The summed E-state index contributed by atoms with van der Waals surface area (Å²) in [4.78, 5) is 28.8. The molecule has 3 aliphatic rings. The Morgan fingerprint density at radius 3 is 2.57 bits per heavy atom. The van der Waals surface area contributed by atoms with Crippen LogP contribution in [0.1, 0.15) is 35.0 Å². The Labute approximate surface area is 237 Å². The van der Waals surface area contributed by atoms with E-state index < -0.39 is 47.1 Å². The molecule has 0 radical (unpaired) electrons. The largest absolute Gasteiger partial charge is 0.490 e. The molecule has 0 spiro atoms. The molecular weight excluding hydrogens is 560 g/mol. The summed E-state index contributed by atoms with van der Waals surface area (Å²) in [5.41, 5.74) is 1.77. The van der Waals surface area contributed by atoms with E-state index in [1.807, 2.05) is 6.92 Å². The van der Waals surface area contributed by atoms with Gasteiger partial charge in [-0.25, -0.2) is 9.37 Å². The number of anilines is 1. The molecule has 1 aromatic heterocycles. The Kier molecular flexibility index (Phi) is 6.42. The lowest BCUT2D eigenvalue weighted by Gasteiger charge is -2.32. The quantitative estimate of drug-likeness (QED) is 0.325. The van der Waals surface area contributed by atoms with Crippen molar-refractivity contribution in [3.05, 3.63) is 71.2 Å². The number of fused-ring (bicyclic) bond motifs is 2. The number of carbonyl (C=O) groups is 2. The van der Waals surface area contributed by atoms with Crippen molar-refractivity contribution >= 4 is 17.5 Å². The average Bonchev–Trinajstić information content (AvgIpc) is 3.61. The van der Waals surface area contributed by atoms with Gasteiger partial charge in [-0.05, 0) is 60.9 Å². The molecule has 3 unspecified atom stereocenters. The highest BCUT2D eigenvalue weighted by molar-refractivity contribution is 5.99. The number of carbonyl (C=O) groups excluding carboxylic acids is 2. The van der Waals surface area contributed by atoms with Gasteiger partial charge < -0.3 is 30.9 Å². The zero-order valence-corrected chi connectivity index (χ0v) is 22.2. The first-order valence-corrected chi connectivity index (χ1v) is 13.1. The predicted molar refractivity (Wildman–Crippen MR) is 141 cm³/mol. The molecule has 9 nitrogen and oxygen atoms in total. The Hall–Kier alpha value is -4.23. The standard InChI is InChI=1S/C29H26F4N4O5/c1-27(17-9-19(17)34)13-42-25-18(27)10-22(37-24(25)14-2-5-16(30)6-3-14)28(40,29(31,32)33)12-35-26(39)15-4-7-21-20(8-15)36-23(38)11-41-21/h2-8,10,17,19,40H,9,11-13,34H2,1H3,(H,35,39)(H,36,38)/t17?,19?,27-,28?/m1/s1. The Morgan fingerprint density at radius 1 is 1.19 bits per heavy atom. The molecule has 0 bridgehead atoms. The summed E-state index contributed by atoms with van der Waals surface area (Å²) in [6.07, 6.45) is -4.63. The summed E-state index contributed by atoms with van der Waals surface area (Å²) in [6.45, 7) is 0.493. The molecule has 13 heteroatoms. The van der Waals surface area contributed by atoms with Crippen molar-refractivity contribution in [3.8, 4) is 22.8 Å². The van der Waals surface area contributed by atoms with E-state index in [-0.39, 0.29) is 53.4 Å². The number of halogens is 4. The molecule has 1 aliphatic carbocycles. The van der Waals surface area contributed by atoms with Crippen LogP contribution in [0.4, 0.5) is 23.2 Å². The van der Waals surface area contributed by atoms with Crippen molar-refractivity contribution in [2.45, 2.75) is 36.6 Å². The lowest BCUT2D eigenvalue weighted by atomic mass is 9.78. The summed E-state index contributed by atoms with van der Waals surface area (Å²) in [5, 5.41) is 15.9. The molecule has 1 fully saturated rings. The van der Waals surface area contributed by atoms with Crippen molar-refractivity contribution < 1.29 is 41.7 Å². The minimum absolute atomic E-state index is 0.000114. The van der Waals surface area contributed by atoms with Crippen LogP contribution in [-0.4, -0.2) is 53.9 Å². The van der Waals surface area contributed by atoms with Crippen LogP contribution in [0, 0.1) is 11.7 Å². The first-order chi connectivity index (χ1) is 19.8. The maximum absolute atomic E-state index is 14.7. The summed E-state index contributed by atoms with van der Waals surface area (Å²) in [7, 11) is 0. The van der Waals surface area contributed by atoms with Gasteiger partial charge in [0.05, 0.1) is 24.5 Å². The van der Waals surface area contributed by atoms with E-state index in [4.69, 9.17) is 15.2 Å². The van der Waals surface area contributed by atoms with Crippen LogP contribution in [0.3, 0.4) is 0 Å². The SMILES string of the molecule is C[C@]1(C2CC2N)COc2c1cc(C(O)(CNC(=O)c1ccc3c(c1)NC(=O)CO3)C(F)(F)F)nc2-c1ccc(F)cc1. The Morgan fingerprint density at radius 2 is 1.90 bits per heavy atom. The molecule has 2 aliphatic heterocycles. The van der Waals surface area contributed by atoms with Crippen LogP contribution < -0.4 is 25.8 Å². The average molecular weight is 587 g/mol. The van der Waals surface area contributed by atoms with E-state index in [2.05, 4.69) is 15.6 Å². The molecule has 1 saturated carbocycles. The minimum atomic E-state index is -5.27. The fourth-order valence-electron chi connectivity index (χ4n) is 5.54. The molecule has 42 heavy (non-hydrogen) atoms. The monoisotopic (exact) mass is 586 g/mol. The third-order valence-electron chi connectivity index (χ3n) is 8.15. The predicted octanol–water partition coefficient (Wildman–Crippen LogP) is 3.40. The minimum Gasteiger partial charge on any atom is -0.490 e. The molecule has 2 aromatic carbocycles. The molecule has 3 aromatic rings. The van der Waals surface area contributed by atoms with Crippen LogP contribution in [0.5, 0.6) is 11.5 Å². The third-order valence-corrected chi connectivity index (χ3v) is 8.15. The molecular formula is C29H26F4N4O5. The maximum Gasteiger partial charge on any atom is 0.424 e. The molecule has 0 saturated heterocycles. The van der Waals surface area contributed by atoms with Crippen molar-refractivity contribution in [1.29, 1.82) is 0 Å². The number of pyridine rings is 1. The highest BCUT2D eigenvalue weighted by Gasteiger charge is 2.59. The van der Waals surface area contributed by atoms with Gasteiger partial charge in [-0.3, -0.25) is 9.59 Å². The number of nitrogens with two attached hydrogens (primary N) is 1. The summed E-state index contributed by atoms with van der Waals surface area (Å²) >= 11 is 0. The number of hydrogen-bond acceptors (Lipinski definition) is 7. The Bertz CT molecular complexity index is 1600. The van der Waals surface area contributed by atoms with Crippen molar-refractivity contribution in [3.63, 3.8) is 0 Å².